The average molecular weight is 730 g/mol. The summed E-state index contributed by atoms with van der Waals surface area (Å²) in [6.07, 6.45) is 49.5. The van der Waals surface area contributed by atoms with Gasteiger partial charge in [0, 0.05) is 24.5 Å². The van der Waals surface area contributed by atoms with Gasteiger partial charge in [-0.2, -0.15) is 0 Å². The summed E-state index contributed by atoms with van der Waals surface area (Å²) >= 11 is 0. The lowest BCUT2D eigenvalue weighted by Gasteiger charge is -2.47. The van der Waals surface area contributed by atoms with Gasteiger partial charge in [0.15, 0.2) is 0 Å². The van der Waals surface area contributed by atoms with Gasteiger partial charge in [-0.05, 0) is 58.5 Å². The molecule has 1 aliphatic heterocycles. The van der Waals surface area contributed by atoms with Gasteiger partial charge in [0.25, 0.3) is 0 Å². The Morgan fingerprint density at radius 1 is 0.500 bits per heavy atom. The second-order valence-electron chi connectivity index (χ2n) is 18.0. The first-order valence-electron chi connectivity index (χ1n) is 24.5. The Hall–Kier alpha value is -0.570. The maximum atomic E-state index is 5.14. The monoisotopic (exact) mass is 730 g/mol. The van der Waals surface area contributed by atoms with E-state index in [9.17, 15) is 0 Å². The van der Waals surface area contributed by atoms with Crippen LogP contribution < -0.4 is 5.32 Å². The van der Waals surface area contributed by atoms with Crippen LogP contribution in [0.15, 0.2) is 4.99 Å². The zero-order valence-corrected chi connectivity index (χ0v) is 37.1. The minimum atomic E-state index is 0.182. The zero-order chi connectivity index (χ0) is 37.8. The number of nitrogens with one attached hydrogen (secondary N) is 1. The first kappa shape index (κ1) is 49.4. The van der Waals surface area contributed by atoms with Gasteiger partial charge in [0.2, 0.25) is 0 Å². The fraction of sp³-hybridized carbons (Fsp3) is 0.980. The van der Waals surface area contributed by atoms with Crippen LogP contribution in [0.25, 0.3) is 0 Å². The summed E-state index contributed by atoms with van der Waals surface area (Å²) in [5.41, 5.74) is 0.182. The Morgan fingerprint density at radius 3 is 1.15 bits per heavy atom. The Labute approximate surface area is 329 Å². The average Bonchev–Trinajstić information content (AvgIpc) is 3.15. The molecule has 0 amide bonds. The molecule has 0 spiro atoms. The Balaban J connectivity index is 2.66. The molecule has 0 aliphatic carbocycles. The fourth-order valence-electron chi connectivity index (χ4n) is 8.85. The Bertz CT molecular complexity index is 732. The van der Waals surface area contributed by atoms with Crippen molar-refractivity contribution in [3.63, 3.8) is 0 Å². The summed E-state index contributed by atoms with van der Waals surface area (Å²) < 4.78 is 0. The SMILES string of the molecule is CCCCCCCCCCCCCCN(CCCCCCCCCCCCCC)C(C)(C)C(C)C(CCCCCCCCCCC)C1=NCCCN1. The molecular weight excluding hydrogens is 631 g/mol. The van der Waals surface area contributed by atoms with E-state index < -0.39 is 0 Å². The Morgan fingerprint density at radius 2 is 0.827 bits per heavy atom. The molecule has 1 aliphatic rings. The molecule has 3 nitrogen and oxygen atoms in total. The van der Waals surface area contributed by atoms with Gasteiger partial charge in [-0.15, -0.1) is 0 Å². The maximum absolute atomic E-state index is 5.14. The first-order chi connectivity index (χ1) is 25.5. The molecule has 2 atom stereocenters. The summed E-state index contributed by atoms with van der Waals surface area (Å²) in [5, 5.41) is 3.81. The van der Waals surface area contributed by atoms with Crippen LogP contribution in [0.2, 0.25) is 0 Å². The third-order valence-corrected chi connectivity index (χ3v) is 13.0. The molecule has 52 heavy (non-hydrogen) atoms. The molecule has 0 bridgehead atoms. The van der Waals surface area contributed by atoms with Crippen LogP contribution >= 0.6 is 0 Å². The maximum Gasteiger partial charge on any atom is 0.0997 e. The lowest BCUT2D eigenvalue weighted by molar-refractivity contribution is 0.0481. The van der Waals surface area contributed by atoms with E-state index in [1.165, 1.54) is 244 Å². The van der Waals surface area contributed by atoms with Crippen molar-refractivity contribution in [3.8, 4) is 0 Å². The van der Waals surface area contributed by atoms with Crippen molar-refractivity contribution in [1.82, 2.24) is 10.2 Å². The van der Waals surface area contributed by atoms with E-state index in [1.54, 1.807) is 0 Å². The molecule has 3 heteroatoms. The largest absolute Gasteiger partial charge is 0.374 e. The lowest BCUT2D eigenvalue weighted by Crippen LogP contribution is -2.54. The number of aliphatic imine (C=N–C) groups is 1. The van der Waals surface area contributed by atoms with Crippen LogP contribution in [0, 0.1) is 11.8 Å². The number of amidine groups is 1. The molecule has 0 radical (unpaired) electrons. The van der Waals surface area contributed by atoms with E-state index in [1.807, 2.05) is 0 Å². The highest BCUT2D eigenvalue weighted by molar-refractivity contribution is 5.85. The van der Waals surface area contributed by atoms with Gasteiger partial charge in [-0.3, -0.25) is 9.89 Å². The third kappa shape index (κ3) is 26.3. The second-order valence-corrected chi connectivity index (χ2v) is 18.0. The van der Waals surface area contributed by atoms with Crippen LogP contribution in [-0.2, 0) is 0 Å². The van der Waals surface area contributed by atoms with Crippen LogP contribution in [0.5, 0.6) is 0 Å². The first-order valence-corrected chi connectivity index (χ1v) is 24.5. The Kier molecular flexibility index (Phi) is 34.3. The van der Waals surface area contributed by atoms with Crippen molar-refractivity contribution in [3.05, 3.63) is 0 Å². The molecule has 0 aromatic carbocycles. The van der Waals surface area contributed by atoms with Gasteiger partial charge in [0.1, 0.15) is 0 Å². The third-order valence-electron chi connectivity index (χ3n) is 13.0. The quantitative estimate of drug-likeness (QED) is 0.0636. The van der Waals surface area contributed by atoms with E-state index in [2.05, 4.69) is 51.8 Å². The molecule has 0 saturated carbocycles. The van der Waals surface area contributed by atoms with E-state index in [0.29, 0.717) is 11.8 Å². The molecule has 0 aromatic heterocycles. The molecule has 1 N–H and O–H groups in total. The van der Waals surface area contributed by atoms with Crippen LogP contribution in [0.4, 0.5) is 0 Å². The smallest absolute Gasteiger partial charge is 0.0997 e. The van der Waals surface area contributed by atoms with Gasteiger partial charge < -0.3 is 5.32 Å². The van der Waals surface area contributed by atoms with Crippen molar-refractivity contribution >= 4 is 5.84 Å². The molecule has 0 aromatic rings. The van der Waals surface area contributed by atoms with Gasteiger partial charge in [-0.25, -0.2) is 0 Å². The number of unbranched alkanes of at least 4 members (excludes halogenated alkanes) is 30. The summed E-state index contributed by atoms with van der Waals surface area (Å²) in [7, 11) is 0. The number of hydrogen-bond donors (Lipinski definition) is 1. The molecular formula is C49H99N3. The molecule has 0 fully saturated rings. The molecule has 2 unspecified atom stereocenters. The summed E-state index contributed by atoms with van der Waals surface area (Å²) in [5.74, 6) is 2.51. The van der Waals surface area contributed by atoms with E-state index >= 15 is 0 Å². The molecule has 0 saturated heterocycles. The minimum Gasteiger partial charge on any atom is -0.374 e. The van der Waals surface area contributed by atoms with Crippen molar-refractivity contribution in [2.75, 3.05) is 26.2 Å². The van der Waals surface area contributed by atoms with Crippen molar-refractivity contribution in [2.24, 2.45) is 16.8 Å². The van der Waals surface area contributed by atoms with Crippen LogP contribution in [0.3, 0.4) is 0 Å². The molecule has 1 rings (SSSR count). The van der Waals surface area contributed by atoms with E-state index in [-0.39, 0.29) is 5.54 Å². The van der Waals surface area contributed by atoms with Gasteiger partial charge in [-0.1, -0.05) is 227 Å². The normalized spacial score (nSPS) is 14.9. The van der Waals surface area contributed by atoms with Crippen LogP contribution in [-0.4, -0.2) is 42.5 Å². The summed E-state index contributed by atoms with van der Waals surface area (Å²) in [6.45, 7) is 19.4. The summed E-state index contributed by atoms with van der Waals surface area (Å²) in [6, 6.07) is 0. The lowest BCUT2D eigenvalue weighted by atomic mass is 9.74. The highest BCUT2D eigenvalue weighted by Gasteiger charge is 2.38. The van der Waals surface area contributed by atoms with Crippen molar-refractivity contribution in [1.29, 1.82) is 0 Å². The minimum absolute atomic E-state index is 0.182. The number of nitrogens with zero attached hydrogens (tertiary/aromatic N) is 2. The van der Waals surface area contributed by atoms with Crippen molar-refractivity contribution < 1.29 is 0 Å². The van der Waals surface area contributed by atoms with Crippen LogP contribution in [0.1, 0.15) is 266 Å². The predicted molar refractivity (Wildman–Crippen MR) is 237 cm³/mol. The van der Waals surface area contributed by atoms with Gasteiger partial charge >= 0.3 is 0 Å². The zero-order valence-electron chi connectivity index (χ0n) is 37.1. The highest BCUT2D eigenvalue weighted by atomic mass is 15.2. The highest BCUT2D eigenvalue weighted by Crippen LogP contribution is 2.35. The molecule has 310 valence electrons. The fourth-order valence-corrected chi connectivity index (χ4v) is 8.85. The topological polar surface area (TPSA) is 27.6 Å². The number of rotatable bonds is 40. The molecule has 1 heterocycles. The van der Waals surface area contributed by atoms with E-state index in [0.717, 1.165) is 13.1 Å². The second kappa shape index (κ2) is 36.1. The van der Waals surface area contributed by atoms with Gasteiger partial charge in [0.05, 0.1) is 5.84 Å². The van der Waals surface area contributed by atoms with Crippen molar-refractivity contribution in [2.45, 2.75) is 272 Å². The summed E-state index contributed by atoms with van der Waals surface area (Å²) in [4.78, 5) is 8.09. The standard InChI is InChI=1S/C49H99N3/c1-7-10-13-16-19-22-24-26-29-32-35-38-44-52(45-39-36-33-30-27-25-23-20-17-14-11-8-2)49(5,6)46(4)47(48-50-42-40-43-51-48)41-37-34-31-28-21-18-15-12-9-3/h46-47H,7-45H2,1-6H3,(H,50,51). The predicted octanol–water partition coefficient (Wildman–Crippen LogP) is 16.0. The number of hydrogen-bond acceptors (Lipinski definition) is 3. The van der Waals surface area contributed by atoms with E-state index in [4.69, 9.17) is 4.99 Å².